The van der Waals surface area contributed by atoms with E-state index in [0.29, 0.717) is 17.4 Å². The van der Waals surface area contributed by atoms with Gasteiger partial charge in [0.2, 0.25) is 0 Å². The number of amides is 1. The number of anilines is 2. The van der Waals surface area contributed by atoms with Crippen molar-refractivity contribution in [3.63, 3.8) is 0 Å². The number of benzene rings is 2. The molecule has 5 nitrogen and oxygen atoms in total. The van der Waals surface area contributed by atoms with Gasteiger partial charge in [-0.1, -0.05) is 29.8 Å². The Bertz CT molecular complexity index is 935. The SMILES string of the molecule is O=C(Nc1ccc(F)c(F)c1)c1ccc(NCc2ccccc2Cl)nn1. The van der Waals surface area contributed by atoms with Gasteiger partial charge in [0.1, 0.15) is 5.82 Å². The fourth-order valence-corrected chi connectivity index (χ4v) is 2.35. The van der Waals surface area contributed by atoms with Crippen LogP contribution in [0.5, 0.6) is 0 Å². The second-order valence-electron chi connectivity index (χ2n) is 5.33. The fourth-order valence-electron chi connectivity index (χ4n) is 2.14. The highest BCUT2D eigenvalue weighted by molar-refractivity contribution is 6.31. The van der Waals surface area contributed by atoms with Crippen molar-refractivity contribution in [2.45, 2.75) is 6.54 Å². The van der Waals surface area contributed by atoms with Crippen LogP contribution >= 0.6 is 11.6 Å². The van der Waals surface area contributed by atoms with Crippen LogP contribution in [0.1, 0.15) is 16.1 Å². The number of carbonyl (C=O) groups excluding carboxylic acids is 1. The van der Waals surface area contributed by atoms with Gasteiger partial charge in [-0.2, -0.15) is 0 Å². The van der Waals surface area contributed by atoms with Gasteiger partial charge in [-0.15, -0.1) is 10.2 Å². The van der Waals surface area contributed by atoms with Gasteiger partial charge in [0.05, 0.1) is 0 Å². The van der Waals surface area contributed by atoms with Crippen molar-refractivity contribution in [1.82, 2.24) is 10.2 Å². The normalized spacial score (nSPS) is 10.4. The summed E-state index contributed by atoms with van der Waals surface area (Å²) in [5.74, 6) is -2.15. The third-order valence-corrected chi connectivity index (χ3v) is 3.86. The first-order valence-electron chi connectivity index (χ1n) is 7.60. The third kappa shape index (κ3) is 4.31. The standard InChI is InChI=1S/C18H13ClF2N4O/c19-13-4-2-1-3-11(13)10-22-17-8-7-16(24-25-17)18(26)23-12-5-6-14(20)15(21)9-12/h1-9H,10H2,(H,22,25)(H,23,26). The molecule has 0 aliphatic carbocycles. The number of hydrogen-bond donors (Lipinski definition) is 2. The van der Waals surface area contributed by atoms with E-state index in [1.54, 1.807) is 12.1 Å². The molecule has 0 aliphatic heterocycles. The molecule has 1 amide bonds. The third-order valence-electron chi connectivity index (χ3n) is 3.49. The van der Waals surface area contributed by atoms with Crippen LogP contribution < -0.4 is 10.6 Å². The lowest BCUT2D eigenvalue weighted by Crippen LogP contribution is -2.15. The molecular weight excluding hydrogens is 362 g/mol. The zero-order chi connectivity index (χ0) is 18.5. The molecule has 0 bridgehead atoms. The van der Waals surface area contributed by atoms with Crippen LogP contribution in [-0.4, -0.2) is 16.1 Å². The van der Waals surface area contributed by atoms with E-state index in [2.05, 4.69) is 20.8 Å². The Labute approximate surface area is 153 Å². The number of hydrogen-bond acceptors (Lipinski definition) is 4. The maximum Gasteiger partial charge on any atom is 0.276 e. The molecule has 0 aliphatic rings. The van der Waals surface area contributed by atoms with E-state index in [9.17, 15) is 13.6 Å². The number of halogens is 3. The van der Waals surface area contributed by atoms with Crippen LogP contribution in [0.2, 0.25) is 5.02 Å². The quantitative estimate of drug-likeness (QED) is 0.699. The van der Waals surface area contributed by atoms with Crippen molar-refractivity contribution in [1.29, 1.82) is 0 Å². The van der Waals surface area contributed by atoms with Gasteiger partial charge in [0.15, 0.2) is 17.3 Å². The van der Waals surface area contributed by atoms with Crippen molar-refractivity contribution in [2.75, 3.05) is 10.6 Å². The van der Waals surface area contributed by atoms with E-state index in [4.69, 9.17) is 11.6 Å². The number of carbonyl (C=O) groups is 1. The molecule has 0 spiro atoms. The molecule has 0 unspecified atom stereocenters. The number of aromatic nitrogens is 2. The molecule has 0 saturated heterocycles. The molecule has 0 saturated carbocycles. The first-order chi connectivity index (χ1) is 12.5. The van der Waals surface area contributed by atoms with Crippen LogP contribution in [0.4, 0.5) is 20.3 Å². The predicted octanol–water partition coefficient (Wildman–Crippen LogP) is 4.27. The minimum absolute atomic E-state index is 0.0398. The number of rotatable bonds is 5. The topological polar surface area (TPSA) is 66.9 Å². The molecule has 8 heteroatoms. The number of nitrogens with one attached hydrogen (secondary N) is 2. The molecule has 2 N–H and O–H groups in total. The minimum Gasteiger partial charge on any atom is -0.364 e. The monoisotopic (exact) mass is 374 g/mol. The maximum absolute atomic E-state index is 13.2. The Morgan fingerprint density at radius 1 is 1.00 bits per heavy atom. The summed E-state index contributed by atoms with van der Waals surface area (Å²) in [5, 5.41) is 13.9. The van der Waals surface area contributed by atoms with Gasteiger partial charge < -0.3 is 10.6 Å². The zero-order valence-electron chi connectivity index (χ0n) is 13.3. The summed E-state index contributed by atoms with van der Waals surface area (Å²) in [6, 6.07) is 13.5. The maximum atomic E-state index is 13.2. The highest BCUT2D eigenvalue weighted by Crippen LogP contribution is 2.17. The Morgan fingerprint density at radius 3 is 2.50 bits per heavy atom. The molecule has 3 rings (SSSR count). The summed E-state index contributed by atoms with van der Waals surface area (Å²) in [6.07, 6.45) is 0. The van der Waals surface area contributed by atoms with Crippen molar-refractivity contribution in [3.05, 3.63) is 82.5 Å². The van der Waals surface area contributed by atoms with E-state index in [-0.39, 0.29) is 11.4 Å². The van der Waals surface area contributed by atoms with Crippen molar-refractivity contribution >= 4 is 29.0 Å². The lowest BCUT2D eigenvalue weighted by Gasteiger charge is -2.08. The van der Waals surface area contributed by atoms with Crippen molar-refractivity contribution in [3.8, 4) is 0 Å². The van der Waals surface area contributed by atoms with Crippen molar-refractivity contribution in [2.24, 2.45) is 0 Å². The smallest absolute Gasteiger partial charge is 0.276 e. The molecule has 2 aromatic carbocycles. The molecule has 26 heavy (non-hydrogen) atoms. The lowest BCUT2D eigenvalue weighted by atomic mass is 10.2. The van der Waals surface area contributed by atoms with Gasteiger partial charge >= 0.3 is 0 Å². The second-order valence-corrected chi connectivity index (χ2v) is 5.74. The zero-order valence-corrected chi connectivity index (χ0v) is 14.1. The van der Waals surface area contributed by atoms with Gasteiger partial charge in [0.25, 0.3) is 5.91 Å². The molecular formula is C18H13ClF2N4O. The van der Waals surface area contributed by atoms with Crippen LogP contribution in [0, 0.1) is 11.6 Å². The first-order valence-corrected chi connectivity index (χ1v) is 7.98. The van der Waals surface area contributed by atoms with Gasteiger partial charge in [0, 0.05) is 23.3 Å². The van der Waals surface area contributed by atoms with Crippen molar-refractivity contribution < 1.29 is 13.6 Å². The Kier molecular flexibility index (Phi) is 5.38. The number of nitrogens with zero attached hydrogens (tertiary/aromatic N) is 2. The fraction of sp³-hybridized carbons (Fsp3) is 0.0556. The molecule has 0 atom stereocenters. The Hall–Kier alpha value is -3.06. The molecule has 3 aromatic rings. The van der Waals surface area contributed by atoms with Gasteiger partial charge in [-0.25, -0.2) is 8.78 Å². The summed E-state index contributed by atoms with van der Waals surface area (Å²) < 4.78 is 26.1. The largest absolute Gasteiger partial charge is 0.364 e. The van der Waals surface area contributed by atoms with Crippen LogP contribution in [0.25, 0.3) is 0 Å². The van der Waals surface area contributed by atoms with E-state index in [0.717, 1.165) is 17.7 Å². The summed E-state index contributed by atoms with van der Waals surface area (Å²) in [4.78, 5) is 12.1. The van der Waals surface area contributed by atoms with E-state index in [1.165, 1.54) is 12.1 Å². The van der Waals surface area contributed by atoms with E-state index < -0.39 is 17.5 Å². The van der Waals surface area contributed by atoms with Crippen LogP contribution in [0.15, 0.2) is 54.6 Å². The average molecular weight is 375 g/mol. The predicted molar refractivity (Wildman–Crippen MR) is 95.1 cm³/mol. The molecule has 1 heterocycles. The molecule has 0 radical (unpaired) electrons. The minimum atomic E-state index is -1.05. The molecule has 0 fully saturated rings. The van der Waals surface area contributed by atoms with E-state index in [1.807, 2.05) is 18.2 Å². The lowest BCUT2D eigenvalue weighted by molar-refractivity contribution is 0.102. The summed E-state index contributed by atoms with van der Waals surface area (Å²) in [7, 11) is 0. The first kappa shape index (κ1) is 17.8. The highest BCUT2D eigenvalue weighted by Gasteiger charge is 2.10. The van der Waals surface area contributed by atoms with Crippen LogP contribution in [-0.2, 0) is 6.54 Å². The summed E-state index contributed by atoms with van der Waals surface area (Å²) in [6.45, 7) is 0.453. The highest BCUT2D eigenvalue weighted by atomic mass is 35.5. The molecule has 132 valence electrons. The van der Waals surface area contributed by atoms with E-state index >= 15 is 0 Å². The Balaban J connectivity index is 1.62. The summed E-state index contributed by atoms with van der Waals surface area (Å²) >= 11 is 6.08. The average Bonchev–Trinajstić information content (AvgIpc) is 2.64. The second kappa shape index (κ2) is 7.88. The summed E-state index contributed by atoms with van der Waals surface area (Å²) in [5.41, 5.74) is 1.06. The Morgan fingerprint density at radius 2 is 1.81 bits per heavy atom. The van der Waals surface area contributed by atoms with Gasteiger partial charge in [-0.05, 0) is 35.9 Å². The van der Waals surface area contributed by atoms with Crippen LogP contribution in [0.3, 0.4) is 0 Å². The molecule has 1 aromatic heterocycles. The van der Waals surface area contributed by atoms with Gasteiger partial charge in [-0.3, -0.25) is 4.79 Å².